The summed E-state index contributed by atoms with van der Waals surface area (Å²) < 4.78 is 5.59. The molecular weight excluding hydrogens is 246 g/mol. The van der Waals surface area contributed by atoms with Crippen molar-refractivity contribution in [2.24, 2.45) is 5.84 Å². The maximum absolute atomic E-state index is 11.5. The van der Waals surface area contributed by atoms with Gasteiger partial charge in [-0.1, -0.05) is 6.42 Å². The summed E-state index contributed by atoms with van der Waals surface area (Å²) in [4.78, 5) is 13.7. The highest BCUT2D eigenvalue weighted by Gasteiger charge is 2.23. The molecule has 1 saturated heterocycles. The minimum atomic E-state index is -0.343. The standard InChI is InChI=1S/C13H21N3O3/c1-9-12(13(18)15-14)6-11(19-9)7-16-5-3-2-4-10(16)8-17/h6,10,17H,2-5,7-8,14H2,1H3,(H,15,18). The van der Waals surface area contributed by atoms with Crippen LogP contribution in [-0.2, 0) is 6.54 Å². The summed E-state index contributed by atoms with van der Waals surface area (Å²) in [5, 5.41) is 9.37. The predicted octanol–water partition coefficient (Wildman–Crippen LogP) is 0.538. The average molecular weight is 267 g/mol. The molecule has 106 valence electrons. The van der Waals surface area contributed by atoms with Crippen LogP contribution in [0.1, 0.15) is 41.1 Å². The van der Waals surface area contributed by atoms with E-state index >= 15 is 0 Å². The Morgan fingerprint density at radius 3 is 3.11 bits per heavy atom. The lowest BCUT2D eigenvalue weighted by Crippen LogP contribution is -2.41. The van der Waals surface area contributed by atoms with Gasteiger partial charge in [0.05, 0.1) is 18.7 Å². The number of carbonyl (C=O) groups is 1. The number of nitrogen functional groups attached to an aromatic ring is 1. The van der Waals surface area contributed by atoms with Gasteiger partial charge < -0.3 is 9.52 Å². The van der Waals surface area contributed by atoms with Gasteiger partial charge in [0.2, 0.25) is 0 Å². The van der Waals surface area contributed by atoms with Gasteiger partial charge in [0.25, 0.3) is 5.91 Å². The lowest BCUT2D eigenvalue weighted by molar-refractivity contribution is 0.0781. The third-order valence-corrected chi connectivity index (χ3v) is 3.66. The first-order valence-corrected chi connectivity index (χ1v) is 6.61. The topological polar surface area (TPSA) is 91.7 Å². The minimum absolute atomic E-state index is 0.163. The third kappa shape index (κ3) is 3.15. The molecule has 0 saturated carbocycles. The first-order chi connectivity index (χ1) is 9.15. The lowest BCUT2D eigenvalue weighted by atomic mass is 10.0. The lowest BCUT2D eigenvalue weighted by Gasteiger charge is -2.33. The molecular formula is C13H21N3O3. The molecule has 0 aliphatic carbocycles. The zero-order chi connectivity index (χ0) is 13.8. The molecule has 1 aromatic heterocycles. The zero-order valence-corrected chi connectivity index (χ0v) is 11.2. The van der Waals surface area contributed by atoms with Crippen molar-refractivity contribution in [3.05, 3.63) is 23.2 Å². The molecule has 0 bridgehead atoms. The second-order valence-corrected chi connectivity index (χ2v) is 4.96. The Morgan fingerprint density at radius 1 is 1.63 bits per heavy atom. The number of aryl methyl sites for hydroxylation is 1. The first-order valence-electron chi connectivity index (χ1n) is 6.61. The Bertz CT molecular complexity index is 444. The van der Waals surface area contributed by atoms with Crippen LogP contribution in [0.3, 0.4) is 0 Å². The molecule has 0 spiro atoms. The number of hydrogen-bond acceptors (Lipinski definition) is 5. The molecule has 1 fully saturated rings. The van der Waals surface area contributed by atoms with Gasteiger partial charge in [-0.25, -0.2) is 5.84 Å². The number of hydrazine groups is 1. The summed E-state index contributed by atoms with van der Waals surface area (Å²) in [5.41, 5.74) is 2.57. The summed E-state index contributed by atoms with van der Waals surface area (Å²) in [6.45, 7) is 3.47. The maximum atomic E-state index is 11.5. The molecule has 1 atom stereocenters. The molecule has 1 aliphatic rings. The highest BCUT2D eigenvalue weighted by molar-refractivity contribution is 5.94. The highest BCUT2D eigenvalue weighted by Crippen LogP contribution is 2.22. The fourth-order valence-electron chi connectivity index (χ4n) is 2.60. The van der Waals surface area contributed by atoms with Crippen molar-refractivity contribution in [1.82, 2.24) is 10.3 Å². The number of hydrogen-bond donors (Lipinski definition) is 3. The smallest absolute Gasteiger partial charge is 0.268 e. The van der Waals surface area contributed by atoms with E-state index in [1.54, 1.807) is 13.0 Å². The van der Waals surface area contributed by atoms with Crippen molar-refractivity contribution < 1.29 is 14.3 Å². The summed E-state index contributed by atoms with van der Waals surface area (Å²) in [6.07, 6.45) is 3.29. The van der Waals surface area contributed by atoms with Crippen LogP contribution in [0.5, 0.6) is 0 Å². The Morgan fingerprint density at radius 2 is 2.42 bits per heavy atom. The zero-order valence-electron chi connectivity index (χ0n) is 11.2. The van der Waals surface area contributed by atoms with E-state index in [-0.39, 0.29) is 18.6 Å². The molecule has 1 aromatic rings. The van der Waals surface area contributed by atoms with Gasteiger partial charge in [0.1, 0.15) is 11.5 Å². The molecule has 2 rings (SSSR count). The number of furan rings is 1. The number of aliphatic hydroxyl groups is 1. The van der Waals surface area contributed by atoms with Gasteiger partial charge in [-0.05, 0) is 32.4 Å². The van der Waals surface area contributed by atoms with Gasteiger partial charge in [-0.15, -0.1) is 0 Å². The molecule has 0 aromatic carbocycles. The van der Waals surface area contributed by atoms with Crippen LogP contribution in [0.25, 0.3) is 0 Å². The molecule has 2 heterocycles. The summed E-state index contributed by atoms with van der Waals surface area (Å²) in [5.74, 6) is 6.08. The number of likely N-dealkylation sites (tertiary alicyclic amines) is 1. The largest absolute Gasteiger partial charge is 0.464 e. The predicted molar refractivity (Wildman–Crippen MR) is 70.2 cm³/mol. The maximum Gasteiger partial charge on any atom is 0.268 e. The molecule has 1 amide bonds. The Balaban J connectivity index is 2.08. The van der Waals surface area contributed by atoms with E-state index in [9.17, 15) is 9.90 Å². The Hall–Kier alpha value is -1.37. The van der Waals surface area contributed by atoms with Crippen molar-refractivity contribution >= 4 is 5.91 Å². The van der Waals surface area contributed by atoms with Crippen LogP contribution in [0, 0.1) is 6.92 Å². The summed E-state index contributed by atoms with van der Waals surface area (Å²) in [7, 11) is 0. The van der Waals surface area contributed by atoms with Crippen molar-refractivity contribution in [2.45, 2.75) is 38.8 Å². The van der Waals surface area contributed by atoms with Crippen molar-refractivity contribution in [3.63, 3.8) is 0 Å². The highest BCUT2D eigenvalue weighted by atomic mass is 16.3. The van der Waals surface area contributed by atoms with E-state index in [1.807, 2.05) is 0 Å². The summed E-state index contributed by atoms with van der Waals surface area (Å²) in [6, 6.07) is 1.91. The Labute approximate surface area is 112 Å². The third-order valence-electron chi connectivity index (χ3n) is 3.66. The number of nitrogens with zero attached hydrogens (tertiary/aromatic N) is 1. The first kappa shape index (κ1) is 14.0. The van der Waals surface area contributed by atoms with E-state index < -0.39 is 0 Å². The molecule has 19 heavy (non-hydrogen) atoms. The van der Waals surface area contributed by atoms with Crippen LogP contribution in [0.2, 0.25) is 0 Å². The second kappa shape index (κ2) is 6.18. The van der Waals surface area contributed by atoms with E-state index in [2.05, 4.69) is 10.3 Å². The molecule has 1 unspecified atom stereocenters. The quantitative estimate of drug-likeness (QED) is 0.421. The van der Waals surface area contributed by atoms with Crippen LogP contribution in [0.4, 0.5) is 0 Å². The number of piperidine rings is 1. The molecule has 0 radical (unpaired) electrons. The minimum Gasteiger partial charge on any atom is -0.464 e. The molecule has 1 aliphatic heterocycles. The van der Waals surface area contributed by atoms with Crippen molar-refractivity contribution in [3.8, 4) is 0 Å². The van der Waals surface area contributed by atoms with E-state index in [4.69, 9.17) is 10.3 Å². The van der Waals surface area contributed by atoms with Gasteiger partial charge in [-0.2, -0.15) is 0 Å². The number of rotatable bonds is 4. The number of aliphatic hydroxyl groups excluding tert-OH is 1. The number of carbonyl (C=O) groups excluding carboxylic acids is 1. The number of nitrogens with two attached hydrogens (primary N) is 1. The van der Waals surface area contributed by atoms with Crippen molar-refractivity contribution in [1.29, 1.82) is 0 Å². The van der Waals surface area contributed by atoms with Gasteiger partial charge >= 0.3 is 0 Å². The van der Waals surface area contributed by atoms with E-state index in [0.29, 0.717) is 17.9 Å². The SMILES string of the molecule is Cc1oc(CN2CCCCC2CO)cc1C(=O)NN. The van der Waals surface area contributed by atoms with Gasteiger partial charge in [-0.3, -0.25) is 15.1 Å². The molecule has 6 nitrogen and oxygen atoms in total. The van der Waals surface area contributed by atoms with Crippen molar-refractivity contribution in [2.75, 3.05) is 13.2 Å². The van der Waals surface area contributed by atoms with Crippen LogP contribution in [-0.4, -0.2) is 35.1 Å². The molecule has 6 heteroatoms. The van der Waals surface area contributed by atoms with Crippen LogP contribution in [0.15, 0.2) is 10.5 Å². The average Bonchev–Trinajstić information content (AvgIpc) is 2.79. The Kier molecular flexibility index (Phi) is 4.57. The number of nitrogens with one attached hydrogen (secondary N) is 1. The van der Waals surface area contributed by atoms with Gasteiger partial charge in [0, 0.05) is 6.04 Å². The second-order valence-electron chi connectivity index (χ2n) is 4.96. The van der Waals surface area contributed by atoms with Crippen LogP contribution < -0.4 is 11.3 Å². The van der Waals surface area contributed by atoms with Gasteiger partial charge in [0.15, 0.2) is 0 Å². The normalized spacial score (nSPS) is 20.5. The molecule has 4 N–H and O–H groups in total. The van der Waals surface area contributed by atoms with E-state index in [1.165, 1.54) is 0 Å². The fourth-order valence-corrected chi connectivity index (χ4v) is 2.60. The monoisotopic (exact) mass is 267 g/mol. The van der Waals surface area contributed by atoms with E-state index in [0.717, 1.165) is 31.6 Å². The fraction of sp³-hybridized carbons (Fsp3) is 0.615. The number of amides is 1. The van der Waals surface area contributed by atoms with Crippen LogP contribution >= 0.6 is 0 Å². The summed E-state index contributed by atoms with van der Waals surface area (Å²) >= 11 is 0.